The number of benzene rings is 2. The van der Waals surface area contributed by atoms with Gasteiger partial charge in [-0.2, -0.15) is 0 Å². The molecule has 10 heteroatoms. The number of nitrogens with zero attached hydrogens (tertiary/aromatic N) is 4. The molecule has 0 radical (unpaired) electrons. The molecule has 0 saturated carbocycles. The van der Waals surface area contributed by atoms with E-state index in [1.165, 1.54) is 9.91 Å². The van der Waals surface area contributed by atoms with E-state index in [0.717, 1.165) is 11.1 Å². The summed E-state index contributed by atoms with van der Waals surface area (Å²) < 4.78 is 0. The third kappa shape index (κ3) is 5.43. The van der Waals surface area contributed by atoms with E-state index in [9.17, 15) is 24.3 Å². The van der Waals surface area contributed by atoms with Gasteiger partial charge in [0.25, 0.3) is 0 Å². The van der Waals surface area contributed by atoms with Crippen LogP contribution < -0.4 is 5.32 Å². The van der Waals surface area contributed by atoms with Gasteiger partial charge in [0.1, 0.15) is 12.2 Å². The molecule has 2 aliphatic rings. The number of rotatable bonds is 7. The highest BCUT2D eigenvalue weighted by molar-refractivity contribution is 5.91. The van der Waals surface area contributed by atoms with E-state index in [4.69, 9.17) is 0 Å². The predicted octanol–water partition coefficient (Wildman–Crippen LogP) is 1.49. The zero-order chi connectivity index (χ0) is 24.9. The summed E-state index contributed by atoms with van der Waals surface area (Å²) in [6.45, 7) is 0.627. The number of likely N-dealkylation sites (N-methyl/N-ethyl adjacent to an activating group) is 1. The van der Waals surface area contributed by atoms with E-state index < -0.39 is 24.2 Å². The van der Waals surface area contributed by atoms with Gasteiger partial charge >= 0.3 is 12.0 Å². The molecule has 2 heterocycles. The van der Waals surface area contributed by atoms with Crippen molar-refractivity contribution in [2.45, 2.75) is 38.1 Å². The molecule has 0 bridgehead atoms. The monoisotopic (exact) mass is 479 g/mol. The van der Waals surface area contributed by atoms with E-state index in [2.05, 4.69) is 5.32 Å². The van der Waals surface area contributed by atoms with Crippen LogP contribution in [0.15, 0.2) is 60.7 Å². The van der Waals surface area contributed by atoms with Crippen LogP contribution in [0.3, 0.4) is 0 Å². The third-order valence-corrected chi connectivity index (χ3v) is 6.28. The molecule has 2 N–H and O–H groups in total. The first-order valence-electron chi connectivity index (χ1n) is 11.5. The van der Waals surface area contributed by atoms with Gasteiger partial charge in [0.15, 0.2) is 0 Å². The second kappa shape index (κ2) is 10.6. The smallest absolute Gasteiger partial charge is 0.334 e. The summed E-state index contributed by atoms with van der Waals surface area (Å²) in [5.74, 6) is -1.67. The maximum Gasteiger partial charge on any atom is 0.334 e. The van der Waals surface area contributed by atoms with Gasteiger partial charge in [0.2, 0.25) is 11.8 Å². The Bertz CT molecular complexity index is 1080. The Balaban J connectivity index is 1.61. The van der Waals surface area contributed by atoms with Crippen LogP contribution in [-0.4, -0.2) is 81.1 Å². The van der Waals surface area contributed by atoms with E-state index in [0.29, 0.717) is 13.1 Å². The van der Waals surface area contributed by atoms with Crippen molar-refractivity contribution in [2.75, 3.05) is 20.1 Å². The van der Waals surface area contributed by atoms with Crippen LogP contribution in [0.4, 0.5) is 4.79 Å². The lowest BCUT2D eigenvalue weighted by Gasteiger charge is -2.54. The van der Waals surface area contributed by atoms with E-state index in [1.54, 1.807) is 17.0 Å². The summed E-state index contributed by atoms with van der Waals surface area (Å²) in [5, 5.41) is 15.2. The summed E-state index contributed by atoms with van der Waals surface area (Å²) in [6.07, 6.45) is -1.04. The predicted molar refractivity (Wildman–Crippen MR) is 126 cm³/mol. The number of hydrogen-bond acceptors (Lipinski definition) is 5. The highest BCUT2D eigenvalue weighted by Gasteiger charge is 2.50. The first kappa shape index (κ1) is 24.2. The quantitative estimate of drug-likeness (QED) is 0.622. The number of carboxylic acids is 1. The van der Waals surface area contributed by atoms with Crippen LogP contribution in [0.5, 0.6) is 0 Å². The van der Waals surface area contributed by atoms with Gasteiger partial charge in [0.05, 0.1) is 13.1 Å². The lowest BCUT2D eigenvalue weighted by molar-refractivity contribution is -0.188. The fraction of sp³-hybridized carbons (Fsp3) is 0.360. The van der Waals surface area contributed by atoms with Crippen molar-refractivity contribution < 1.29 is 24.3 Å². The number of fused-ring (bicyclic) bond motifs is 1. The first-order chi connectivity index (χ1) is 16.8. The second-order valence-corrected chi connectivity index (χ2v) is 8.74. The normalized spacial score (nSPS) is 20.5. The van der Waals surface area contributed by atoms with Gasteiger partial charge in [-0.3, -0.25) is 14.4 Å². The average Bonchev–Trinajstić information content (AvgIpc) is 2.84. The topological polar surface area (TPSA) is 114 Å². The minimum absolute atomic E-state index is 0.0229. The minimum Gasteiger partial charge on any atom is -0.481 e. The molecule has 0 spiro atoms. The molecule has 2 aromatic carbocycles. The number of nitrogens with one attached hydrogen (secondary N) is 1. The zero-order valence-corrected chi connectivity index (χ0v) is 19.5. The maximum atomic E-state index is 13.4. The lowest BCUT2D eigenvalue weighted by Crippen LogP contribution is -2.75. The summed E-state index contributed by atoms with van der Waals surface area (Å²) >= 11 is 0. The van der Waals surface area contributed by atoms with Crippen molar-refractivity contribution in [3.8, 4) is 0 Å². The van der Waals surface area contributed by atoms with Crippen LogP contribution in [0.1, 0.15) is 24.0 Å². The molecule has 2 atom stereocenters. The Morgan fingerprint density at radius 3 is 2.26 bits per heavy atom. The van der Waals surface area contributed by atoms with Crippen molar-refractivity contribution in [1.29, 1.82) is 0 Å². The fourth-order valence-electron chi connectivity index (χ4n) is 4.64. The molecule has 2 aliphatic heterocycles. The largest absolute Gasteiger partial charge is 0.481 e. The Labute approximate surface area is 203 Å². The Morgan fingerprint density at radius 1 is 1.00 bits per heavy atom. The number of hydrazine groups is 1. The van der Waals surface area contributed by atoms with Crippen molar-refractivity contribution in [2.24, 2.45) is 0 Å². The zero-order valence-electron chi connectivity index (χ0n) is 19.5. The maximum absolute atomic E-state index is 13.4. The van der Waals surface area contributed by atoms with Crippen molar-refractivity contribution in [1.82, 2.24) is 25.1 Å². The number of hydrogen-bond donors (Lipinski definition) is 2. The molecule has 0 aromatic heterocycles. The lowest BCUT2D eigenvalue weighted by atomic mass is 10.0. The van der Waals surface area contributed by atoms with Gasteiger partial charge < -0.3 is 20.2 Å². The summed E-state index contributed by atoms with van der Waals surface area (Å²) in [6, 6.07) is 17.5. The third-order valence-electron chi connectivity index (χ3n) is 6.28. The van der Waals surface area contributed by atoms with E-state index >= 15 is 0 Å². The highest BCUT2D eigenvalue weighted by Crippen LogP contribution is 2.28. The average molecular weight is 480 g/mol. The van der Waals surface area contributed by atoms with Crippen LogP contribution in [0.25, 0.3) is 0 Å². The molecule has 1 unspecified atom stereocenters. The minimum atomic E-state index is -1.05. The molecule has 4 amide bonds. The molecule has 0 aliphatic carbocycles. The Morgan fingerprint density at radius 2 is 1.63 bits per heavy atom. The van der Waals surface area contributed by atoms with Gasteiger partial charge in [-0.25, -0.2) is 14.8 Å². The summed E-state index contributed by atoms with van der Waals surface area (Å²) in [7, 11) is 1.65. The molecule has 4 rings (SSSR count). The van der Waals surface area contributed by atoms with Gasteiger partial charge in [-0.1, -0.05) is 60.7 Å². The molecule has 35 heavy (non-hydrogen) atoms. The van der Waals surface area contributed by atoms with Gasteiger partial charge in [0, 0.05) is 26.6 Å². The second-order valence-electron chi connectivity index (χ2n) is 8.74. The molecule has 10 nitrogen and oxygen atoms in total. The molecule has 2 aromatic rings. The standard InChI is InChI=1S/C25H29N5O5/c1-27-17-22(31)29-20(12-13-23(32)33)24(34)28(15-19-10-6-3-7-11-19)16-21(29)30(27)25(35)26-14-18-8-4-2-5-9-18/h2-11,20-21H,12-17H2,1H3,(H,26,35)(H,32,33)/t20?,21-/m0/s1. The van der Waals surface area contributed by atoms with Crippen LogP contribution in [0.2, 0.25) is 0 Å². The number of amides is 4. The Hall–Kier alpha value is -3.92. The molecule has 2 fully saturated rings. The number of carbonyl (C=O) groups excluding carboxylic acids is 3. The number of piperazine rings is 1. The molecular formula is C25H29N5O5. The van der Waals surface area contributed by atoms with Gasteiger partial charge in [-0.15, -0.1) is 0 Å². The number of aliphatic carboxylic acids is 1. The fourth-order valence-corrected chi connectivity index (χ4v) is 4.64. The van der Waals surface area contributed by atoms with Crippen LogP contribution >= 0.6 is 0 Å². The summed E-state index contributed by atoms with van der Waals surface area (Å²) in [4.78, 5) is 54.1. The van der Waals surface area contributed by atoms with Crippen molar-refractivity contribution in [3.63, 3.8) is 0 Å². The van der Waals surface area contributed by atoms with E-state index in [1.807, 2.05) is 60.7 Å². The van der Waals surface area contributed by atoms with Crippen LogP contribution in [-0.2, 0) is 27.5 Å². The van der Waals surface area contributed by atoms with Crippen molar-refractivity contribution >= 4 is 23.8 Å². The number of urea groups is 1. The SMILES string of the molecule is CN1CC(=O)N2C(CCC(=O)O)C(=O)N(Cc3ccccc3)C[C@@H]2N1C(=O)NCc1ccccc1. The number of carboxylic acid groups (broad SMARTS) is 1. The van der Waals surface area contributed by atoms with Crippen molar-refractivity contribution in [3.05, 3.63) is 71.8 Å². The summed E-state index contributed by atoms with van der Waals surface area (Å²) in [5.41, 5.74) is 1.83. The number of carbonyl (C=O) groups is 4. The van der Waals surface area contributed by atoms with Gasteiger partial charge in [-0.05, 0) is 17.5 Å². The molecule has 184 valence electrons. The highest BCUT2D eigenvalue weighted by atomic mass is 16.4. The Kier molecular flexibility index (Phi) is 7.31. The van der Waals surface area contributed by atoms with E-state index in [-0.39, 0.29) is 37.7 Å². The molecule has 2 saturated heterocycles. The van der Waals surface area contributed by atoms with Crippen LogP contribution in [0, 0.1) is 0 Å². The first-order valence-corrected chi connectivity index (χ1v) is 11.5. The molecular weight excluding hydrogens is 450 g/mol.